The van der Waals surface area contributed by atoms with Gasteiger partial charge in [-0.25, -0.2) is 9.50 Å². The van der Waals surface area contributed by atoms with Crippen molar-refractivity contribution < 1.29 is 23.7 Å². The number of aryl methyl sites for hydroxylation is 1. The Morgan fingerprint density at radius 2 is 1.75 bits per heavy atom. The number of fused-ring (bicyclic) bond motifs is 1. The molecule has 1 atom stereocenters. The summed E-state index contributed by atoms with van der Waals surface area (Å²) in [6.45, 7) is 8.53. The number of anilines is 1. The Morgan fingerprint density at radius 3 is 2.49 bits per heavy atom. The lowest BCUT2D eigenvalue weighted by molar-refractivity contribution is -0.133. The number of rotatable bonds is 11. The molecular formula is C41H41N9O5. The SMILES string of the molecule is Cc1cc(-c2ncnn3cc(-c4ccc(C(=O)NCCc5cccc(NC6CCC(=O)NC6=O)c5)cc4)cc23)ccc1CNC(=O)c1noc(C(C)(C)C)n1. The van der Waals surface area contributed by atoms with Crippen LogP contribution in [0, 0.1) is 6.92 Å². The van der Waals surface area contributed by atoms with Crippen molar-refractivity contribution in [1.29, 1.82) is 0 Å². The Morgan fingerprint density at radius 1 is 0.945 bits per heavy atom. The molecule has 6 aromatic rings. The number of nitrogens with one attached hydrogen (secondary N) is 4. The highest BCUT2D eigenvalue weighted by molar-refractivity contribution is 6.01. The minimum absolute atomic E-state index is 0.00239. The van der Waals surface area contributed by atoms with E-state index in [9.17, 15) is 19.2 Å². The summed E-state index contributed by atoms with van der Waals surface area (Å²) in [5, 5.41) is 19.7. The number of nitrogens with zero attached hydrogens (tertiary/aromatic N) is 5. The lowest BCUT2D eigenvalue weighted by Gasteiger charge is -2.23. The summed E-state index contributed by atoms with van der Waals surface area (Å²) >= 11 is 0. The van der Waals surface area contributed by atoms with Crippen LogP contribution in [0.5, 0.6) is 0 Å². The van der Waals surface area contributed by atoms with Gasteiger partial charge in [-0.05, 0) is 78.4 Å². The van der Waals surface area contributed by atoms with Gasteiger partial charge in [0.25, 0.3) is 17.6 Å². The zero-order valence-electron chi connectivity index (χ0n) is 31.0. The smallest absolute Gasteiger partial charge is 0.292 e. The third kappa shape index (κ3) is 8.43. The number of imide groups is 1. The van der Waals surface area contributed by atoms with Crippen molar-refractivity contribution in [3.8, 4) is 22.4 Å². The molecule has 0 bridgehead atoms. The molecule has 14 nitrogen and oxygen atoms in total. The van der Waals surface area contributed by atoms with Gasteiger partial charge < -0.3 is 20.5 Å². The van der Waals surface area contributed by atoms with Crippen LogP contribution in [0.3, 0.4) is 0 Å². The molecule has 1 aliphatic heterocycles. The van der Waals surface area contributed by atoms with Gasteiger partial charge in [0.1, 0.15) is 12.4 Å². The largest absolute Gasteiger partial charge is 0.374 e. The molecular weight excluding hydrogens is 699 g/mol. The second-order valence-corrected chi connectivity index (χ2v) is 14.6. The quantitative estimate of drug-likeness (QED) is 0.129. The van der Waals surface area contributed by atoms with Crippen LogP contribution in [-0.4, -0.2) is 61.0 Å². The molecule has 0 radical (unpaired) electrons. The summed E-state index contributed by atoms with van der Waals surface area (Å²) in [6.07, 6.45) is 4.81. The first-order valence-electron chi connectivity index (χ1n) is 18.0. The highest BCUT2D eigenvalue weighted by atomic mass is 16.5. The Kier molecular flexibility index (Phi) is 10.2. The van der Waals surface area contributed by atoms with E-state index in [1.54, 1.807) is 16.6 Å². The second kappa shape index (κ2) is 15.3. The van der Waals surface area contributed by atoms with Crippen LogP contribution < -0.4 is 21.3 Å². The fourth-order valence-electron chi connectivity index (χ4n) is 6.31. The van der Waals surface area contributed by atoms with Crippen molar-refractivity contribution in [2.24, 2.45) is 0 Å². The molecule has 55 heavy (non-hydrogen) atoms. The number of hydrogen-bond donors (Lipinski definition) is 4. The van der Waals surface area contributed by atoms with Crippen molar-refractivity contribution in [2.45, 2.75) is 65.0 Å². The van der Waals surface area contributed by atoms with Crippen molar-refractivity contribution >= 4 is 34.8 Å². The Bertz CT molecular complexity index is 2410. The van der Waals surface area contributed by atoms with Gasteiger partial charge in [0, 0.05) is 53.5 Å². The van der Waals surface area contributed by atoms with Crippen molar-refractivity contribution in [3.05, 3.63) is 119 Å². The second-order valence-electron chi connectivity index (χ2n) is 14.6. The molecule has 0 spiro atoms. The molecule has 1 unspecified atom stereocenters. The maximum absolute atomic E-state index is 13.0. The van der Waals surface area contributed by atoms with E-state index < -0.39 is 11.9 Å². The van der Waals surface area contributed by atoms with E-state index in [2.05, 4.69) is 41.5 Å². The average Bonchev–Trinajstić information content (AvgIpc) is 3.85. The standard InChI is InChI=1S/C41H41N9O5/c1-24-18-28(12-13-29(24)21-43-39(54)36-48-40(55-49-36)41(2,3)4)35-33-20-30(22-50(33)45-23-44-35)26-8-10-27(11-9-26)37(52)42-17-16-25-6-5-7-31(19-25)46-32-14-15-34(51)47-38(32)53/h5-13,18-20,22-23,32,46H,14-17,21H2,1-4H3,(H,42,52)(H,43,54)(H,47,51,53). The zero-order chi connectivity index (χ0) is 38.7. The molecule has 0 aliphatic carbocycles. The van der Waals surface area contributed by atoms with Crippen LogP contribution in [0.1, 0.15) is 77.2 Å². The van der Waals surface area contributed by atoms with Crippen LogP contribution >= 0.6 is 0 Å². The van der Waals surface area contributed by atoms with Gasteiger partial charge in [-0.3, -0.25) is 24.5 Å². The number of aromatic nitrogens is 5. The summed E-state index contributed by atoms with van der Waals surface area (Å²) in [4.78, 5) is 58.1. The topological polar surface area (TPSA) is 186 Å². The molecule has 1 saturated heterocycles. The minimum Gasteiger partial charge on any atom is -0.374 e. The molecule has 0 saturated carbocycles. The molecule has 280 valence electrons. The Hall–Kier alpha value is -6.70. The van der Waals surface area contributed by atoms with Crippen molar-refractivity contribution in [1.82, 2.24) is 40.7 Å². The lowest BCUT2D eigenvalue weighted by Crippen LogP contribution is -2.47. The van der Waals surface area contributed by atoms with Gasteiger partial charge in [0.2, 0.25) is 17.7 Å². The van der Waals surface area contributed by atoms with Gasteiger partial charge in [0.05, 0.1) is 11.2 Å². The summed E-state index contributed by atoms with van der Waals surface area (Å²) in [7, 11) is 0. The summed E-state index contributed by atoms with van der Waals surface area (Å²) in [6, 6.07) is 22.6. The number of carbonyl (C=O) groups is 4. The van der Waals surface area contributed by atoms with Crippen LogP contribution in [0.4, 0.5) is 5.69 Å². The van der Waals surface area contributed by atoms with Gasteiger partial charge in [-0.2, -0.15) is 10.1 Å². The fourth-order valence-corrected chi connectivity index (χ4v) is 6.31. The molecule has 7 rings (SSSR count). The molecule has 4 heterocycles. The fraction of sp³-hybridized carbons (Fsp3) is 0.268. The summed E-state index contributed by atoms with van der Waals surface area (Å²) in [5.41, 5.74) is 8.23. The van der Waals surface area contributed by atoms with Crippen LogP contribution in [0.2, 0.25) is 0 Å². The highest BCUT2D eigenvalue weighted by Gasteiger charge is 2.27. The number of piperidine rings is 1. The van der Waals surface area contributed by atoms with E-state index in [1.807, 2.05) is 94.6 Å². The van der Waals surface area contributed by atoms with Gasteiger partial charge >= 0.3 is 0 Å². The van der Waals surface area contributed by atoms with Crippen molar-refractivity contribution in [3.63, 3.8) is 0 Å². The van der Waals surface area contributed by atoms with E-state index in [0.717, 1.165) is 50.3 Å². The molecule has 1 fully saturated rings. The maximum atomic E-state index is 13.0. The third-order valence-electron chi connectivity index (χ3n) is 9.42. The van der Waals surface area contributed by atoms with E-state index in [4.69, 9.17) is 4.52 Å². The van der Waals surface area contributed by atoms with Gasteiger partial charge in [0.15, 0.2) is 0 Å². The first kappa shape index (κ1) is 36.6. The maximum Gasteiger partial charge on any atom is 0.292 e. The van der Waals surface area contributed by atoms with Crippen molar-refractivity contribution in [2.75, 3.05) is 11.9 Å². The predicted molar refractivity (Wildman–Crippen MR) is 205 cm³/mol. The first-order chi connectivity index (χ1) is 26.4. The molecule has 3 aromatic carbocycles. The van der Waals surface area contributed by atoms with E-state index >= 15 is 0 Å². The van der Waals surface area contributed by atoms with E-state index in [1.165, 1.54) is 6.33 Å². The summed E-state index contributed by atoms with van der Waals surface area (Å²) < 4.78 is 7.04. The van der Waals surface area contributed by atoms with Crippen LogP contribution in [0.25, 0.3) is 27.9 Å². The monoisotopic (exact) mass is 739 g/mol. The van der Waals surface area contributed by atoms with E-state index in [0.29, 0.717) is 43.8 Å². The van der Waals surface area contributed by atoms with Crippen LogP contribution in [-0.2, 0) is 28.0 Å². The molecule has 14 heteroatoms. The zero-order valence-corrected chi connectivity index (χ0v) is 31.0. The van der Waals surface area contributed by atoms with Gasteiger partial charge in [-0.1, -0.05) is 62.3 Å². The first-order valence-corrected chi connectivity index (χ1v) is 18.0. The molecule has 3 aromatic heterocycles. The number of hydrogen-bond acceptors (Lipinski definition) is 10. The molecule has 4 amide bonds. The molecule has 4 N–H and O–H groups in total. The Labute approximate surface area is 317 Å². The highest BCUT2D eigenvalue weighted by Crippen LogP contribution is 2.29. The van der Waals surface area contributed by atoms with Crippen LogP contribution in [0.15, 0.2) is 89.8 Å². The molecule has 1 aliphatic rings. The van der Waals surface area contributed by atoms with E-state index in [-0.39, 0.29) is 29.0 Å². The van der Waals surface area contributed by atoms with Gasteiger partial charge in [-0.15, -0.1) is 0 Å². The third-order valence-corrected chi connectivity index (χ3v) is 9.42. The lowest BCUT2D eigenvalue weighted by atomic mass is 9.97. The Balaban J connectivity index is 0.958. The number of carbonyl (C=O) groups excluding carboxylic acids is 4. The minimum atomic E-state index is -0.459. The predicted octanol–water partition coefficient (Wildman–Crippen LogP) is 5.17. The number of amides is 4. The normalized spacial score (nSPS) is 14.4. The number of benzene rings is 3. The average molecular weight is 740 g/mol. The summed E-state index contributed by atoms with van der Waals surface area (Å²) in [5.74, 6) is -0.751.